The van der Waals surface area contributed by atoms with E-state index in [1.54, 1.807) is 44.2 Å². The van der Waals surface area contributed by atoms with Crippen molar-refractivity contribution >= 4 is 40.2 Å². The van der Waals surface area contributed by atoms with E-state index in [4.69, 9.17) is 0 Å². The first kappa shape index (κ1) is 24.8. The Balaban J connectivity index is 1.80. The highest BCUT2D eigenvalue weighted by atomic mass is 32.2. The Morgan fingerprint density at radius 1 is 1.11 bits per heavy atom. The minimum Gasteiger partial charge on any atom is -0.339 e. The molecule has 1 aliphatic rings. The molecule has 2 heterocycles. The summed E-state index contributed by atoms with van der Waals surface area (Å²) >= 11 is 1.31. The van der Waals surface area contributed by atoms with Crippen molar-refractivity contribution in [2.45, 2.75) is 39.7 Å². The van der Waals surface area contributed by atoms with Gasteiger partial charge in [-0.3, -0.25) is 18.7 Å². The van der Waals surface area contributed by atoms with Crippen LogP contribution in [0.25, 0.3) is 16.6 Å². The number of anilines is 3. The monoisotopic (exact) mass is 522 g/mol. The molecule has 4 aromatic rings. The van der Waals surface area contributed by atoms with Gasteiger partial charge in [-0.05, 0) is 62.6 Å². The topological polar surface area (TPSA) is 113 Å². The second-order valence-corrected chi connectivity index (χ2v) is 9.76. The van der Waals surface area contributed by atoms with E-state index < -0.39 is 22.6 Å². The van der Waals surface area contributed by atoms with Crippen LogP contribution in [0.5, 0.6) is 0 Å². The number of benzene rings is 2. The Bertz CT molecular complexity index is 1690. The number of hydrogen-bond donors (Lipinski definition) is 4. The molecule has 1 fully saturated rings. The van der Waals surface area contributed by atoms with Gasteiger partial charge in [0.2, 0.25) is 0 Å². The predicted octanol–water partition coefficient (Wildman–Crippen LogP) is 4.26. The van der Waals surface area contributed by atoms with Crippen molar-refractivity contribution in [1.82, 2.24) is 18.8 Å². The van der Waals surface area contributed by atoms with Gasteiger partial charge >= 0.3 is 5.69 Å². The van der Waals surface area contributed by atoms with Crippen LogP contribution in [-0.2, 0) is 0 Å². The summed E-state index contributed by atoms with van der Waals surface area (Å²) in [6.45, 7) is 6.07. The molecular weight excluding hydrogens is 495 g/mol. The Kier molecular flexibility index (Phi) is 6.65. The van der Waals surface area contributed by atoms with E-state index in [9.17, 15) is 18.8 Å². The summed E-state index contributed by atoms with van der Waals surface area (Å²) in [5.41, 5.74) is 0.927. The lowest BCUT2D eigenvalue weighted by Gasteiger charge is -2.19. The molecule has 0 bridgehead atoms. The van der Waals surface area contributed by atoms with Crippen LogP contribution in [0.15, 0.2) is 56.8 Å². The first-order valence-corrected chi connectivity index (χ1v) is 12.8. The molecule has 0 saturated heterocycles. The van der Waals surface area contributed by atoms with Gasteiger partial charge in [0.05, 0.1) is 16.9 Å². The fourth-order valence-electron chi connectivity index (χ4n) is 4.30. The average Bonchev–Trinajstić information content (AvgIpc) is 3.69. The number of aromatic nitrogens is 3. The van der Waals surface area contributed by atoms with Gasteiger partial charge in [0.1, 0.15) is 17.0 Å². The van der Waals surface area contributed by atoms with Crippen molar-refractivity contribution in [3.63, 3.8) is 0 Å². The van der Waals surface area contributed by atoms with Gasteiger partial charge in [0.25, 0.3) is 11.1 Å². The summed E-state index contributed by atoms with van der Waals surface area (Å²) in [6.07, 6.45) is 1.42. The second kappa shape index (κ2) is 9.91. The highest BCUT2D eigenvalue weighted by Crippen LogP contribution is 2.34. The van der Waals surface area contributed by atoms with Crippen LogP contribution in [0.4, 0.5) is 21.6 Å². The molecule has 4 N–H and O–H groups in total. The van der Waals surface area contributed by atoms with Gasteiger partial charge in [0, 0.05) is 36.0 Å². The summed E-state index contributed by atoms with van der Waals surface area (Å²) in [5.74, 6) is -0.485. The predicted molar refractivity (Wildman–Crippen MR) is 147 cm³/mol. The van der Waals surface area contributed by atoms with E-state index in [-0.39, 0.29) is 34.0 Å². The van der Waals surface area contributed by atoms with Gasteiger partial charge in [-0.2, -0.15) is 0 Å². The highest BCUT2D eigenvalue weighted by Gasteiger charge is 2.31. The molecule has 9 nitrogen and oxygen atoms in total. The van der Waals surface area contributed by atoms with Crippen LogP contribution < -0.4 is 31.6 Å². The minimum atomic E-state index is -0.526. The Labute approximate surface area is 216 Å². The van der Waals surface area contributed by atoms with Crippen molar-refractivity contribution in [3.8, 4) is 5.69 Å². The molecule has 0 atom stereocenters. The maximum Gasteiger partial charge on any atom is 0.336 e. The summed E-state index contributed by atoms with van der Waals surface area (Å²) in [4.78, 5) is 43.2. The molecular formula is C26H27FN6O3S. The van der Waals surface area contributed by atoms with Crippen LogP contribution in [0, 0.1) is 19.7 Å². The standard InChI is InChI=1S/C26H27FN6O3S/c1-4-28-37-31-16-6-5-7-18(13-16)32-22-15(3)24(34)30-23(29-20-11-8-14(2)12-19(20)27)21(22)25(35)33(26(32)36)17-9-10-17/h5-8,11-13,17,28,31H,4,9-10H2,1-3H3,(H2,29,30,34). The van der Waals surface area contributed by atoms with Crippen molar-refractivity contribution in [2.24, 2.45) is 0 Å². The molecule has 2 aromatic carbocycles. The van der Waals surface area contributed by atoms with Crippen molar-refractivity contribution in [2.75, 3.05) is 16.6 Å². The number of nitrogens with one attached hydrogen (secondary N) is 4. The molecule has 37 heavy (non-hydrogen) atoms. The summed E-state index contributed by atoms with van der Waals surface area (Å²) < 4.78 is 23.6. The normalized spacial score (nSPS) is 13.2. The molecule has 0 radical (unpaired) electrons. The minimum absolute atomic E-state index is 0.0403. The third-order valence-electron chi connectivity index (χ3n) is 6.26. The second-order valence-electron chi connectivity index (χ2n) is 9.06. The number of rotatable bonds is 8. The first-order valence-electron chi connectivity index (χ1n) is 12.0. The molecule has 0 unspecified atom stereocenters. The smallest absolute Gasteiger partial charge is 0.336 e. The lowest BCUT2D eigenvalue weighted by atomic mass is 10.1. The van der Waals surface area contributed by atoms with Crippen molar-refractivity contribution in [1.29, 1.82) is 0 Å². The van der Waals surface area contributed by atoms with E-state index in [0.717, 1.165) is 17.8 Å². The number of H-pyrrole nitrogens is 1. The number of aromatic amines is 1. The quantitative estimate of drug-likeness (QED) is 0.202. The van der Waals surface area contributed by atoms with E-state index in [1.807, 2.05) is 13.0 Å². The molecule has 0 spiro atoms. The van der Waals surface area contributed by atoms with E-state index in [2.05, 4.69) is 19.7 Å². The third-order valence-corrected chi connectivity index (χ3v) is 7.03. The fourth-order valence-corrected chi connectivity index (χ4v) is 4.76. The maximum absolute atomic E-state index is 14.7. The van der Waals surface area contributed by atoms with Gasteiger partial charge < -0.3 is 15.0 Å². The van der Waals surface area contributed by atoms with E-state index in [1.165, 1.54) is 27.3 Å². The molecule has 1 aliphatic carbocycles. The highest BCUT2D eigenvalue weighted by molar-refractivity contribution is 7.98. The summed E-state index contributed by atoms with van der Waals surface area (Å²) in [6, 6.07) is 11.6. The Morgan fingerprint density at radius 2 is 1.89 bits per heavy atom. The lowest BCUT2D eigenvalue weighted by Crippen LogP contribution is -2.40. The van der Waals surface area contributed by atoms with Crippen LogP contribution in [0.3, 0.4) is 0 Å². The zero-order valence-electron chi connectivity index (χ0n) is 20.6. The fraction of sp³-hybridized carbons (Fsp3) is 0.269. The number of pyridine rings is 1. The van der Waals surface area contributed by atoms with Gasteiger partial charge in [0.15, 0.2) is 0 Å². The van der Waals surface area contributed by atoms with Crippen LogP contribution in [0.2, 0.25) is 0 Å². The zero-order chi connectivity index (χ0) is 26.3. The van der Waals surface area contributed by atoms with E-state index >= 15 is 0 Å². The number of halogens is 1. The number of fused-ring (bicyclic) bond motifs is 1. The SMILES string of the molecule is CCNSNc1cccc(-n2c(=O)n(C3CC3)c(=O)c3c(Nc4ccc(C)cc4F)[nH]c(=O)c(C)c32)c1. The van der Waals surface area contributed by atoms with Crippen molar-refractivity contribution in [3.05, 3.63) is 90.6 Å². The zero-order valence-corrected chi connectivity index (χ0v) is 21.5. The molecule has 5 rings (SSSR count). The molecule has 2 aromatic heterocycles. The van der Waals surface area contributed by atoms with Gasteiger partial charge in [-0.25, -0.2) is 13.9 Å². The van der Waals surface area contributed by atoms with Gasteiger partial charge in [-0.1, -0.05) is 19.1 Å². The van der Waals surface area contributed by atoms with Crippen LogP contribution >= 0.6 is 12.1 Å². The maximum atomic E-state index is 14.7. The number of hydrogen-bond acceptors (Lipinski definition) is 7. The number of nitrogens with zero attached hydrogens (tertiary/aromatic N) is 2. The summed E-state index contributed by atoms with van der Waals surface area (Å²) in [5, 5.41) is 3.01. The average molecular weight is 523 g/mol. The molecule has 1 saturated carbocycles. The first-order chi connectivity index (χ1) is 17.8. The molecule has 11 heteroatoms. The van der Waals surface area contributed by atoms with Gasteiger partial charge in [-0.15, -0.1) is 0 Å². The van der Waals surface area contributed by atoms with Crippen LogP contribution in [-0.4, -0.2) is 20.7 Å². The van der Waals surface area contributed by atoms with Crippen molar-refractivity contribution < 1.29 is 4.39 Å². The molecule has 192 valence electrons. The third kappa shape index (κ3) is 4.67. The summed E-state index contributed by atoms with van der Waals surface area (Å²) in [7, 11) is 0. The molecule has 0 amide bonds. The largest absolute Gasteiger partial charge is 0.339 e. The number of aryl methyl sites for hydroxylation is 2. The van der Waals surface area contributed by atoms with E-state index in [0.29, 0.717) is 18.5 Å². The molecule has 0 aliphatic heterocycles. The Morgan fingerprint density at radius 3 is 2.59 bits per heavy atom. The Hall–Kier alpha value is -3.83. The van der Waals surface area contributed by atoms with Crippen LogP contribution in [0.1, 0.15) is 36.9 Å². The lowest BCUT2D eigenvalue weighted by molar-refractivity contribution is 0.630.